The number of alkyl halides is 3. The Hall–Kier alpha value is -1.07. The molecule has 0 fully saturated rings. The van der Waals surface area contributed by atoms with Crippen LogP contribution in [0.3, 0.4) is 0 Å². The van der Waals surface area contributed by atoms with Gasteiger partial charge in [-0.25, -0.2) is 0 Å². The van der Waals surface area contributed by atoms with Gasteiger partial charge in [0.2, 0.25) is 0 Å². The van der Waals surface area contributed by atoms with Crippen LogP contribution in [0.4, 0.5) is 13.2 Å². The summed E-state index contributed by atoms with van der Waals surface area (Å²) in [5.41, 5.74) is -4.14. The molecular weight excluding hydrogens is 233 g/mol. The smallest absolute Gasteiger partial charge is 0.386 e. The van der Waals surface area contributed by atoms with Crippen molar-refractivity contribution in [2.24, 2.45) is 0 Å². The van der Waals surface area contributed by atoms with Crippen LogP contribution in [-0.4, -0.2) is 16.4 Å². The highest BCUT2D eigenvalue weighted by atomic mass is 19.4. The minimum atomic E-state index is -4.76. The van der Waals surface area contributed by atoms with Crippen molar-refractivity contribution >= 4 is 0 Å². The predicted octanol–water partition coefficient (Wildman–Crippen LogP) is 2.68. The van der Waals surface area contributed by atoms with Gasteiger partial charge in [0, 0.05) is 0 Å². The van der Waals surface area contributed by atoms with E-state index in [-0.39, 0.29) is 5.56 Å². The quantitative estimate of drug-likeness (QED) is 0.844. The molecule has 96 valence electrons. The van der Waals surface area contributed by atoms with E-state index in [0.29, 0.717) is 12.5 Å². The van der Waals surface area contributed by atoms with E-state index in [0.717, 1.165) is 6.07 Å². The molecule has 1 rings (SSSR count). The van der Waals surface area contributed by atoms with Crippen molar-refractivity contribution in [3.63, 3.8) is 0 Å². The van der Waals surface area contributed by atoms with Gasteiger partial charge in [-0.3, -0.25) is 0 Å². The average Bonchev–Trinajstić information content (AvgIpc) is 2.15. The van der Waals surface area contributed by atoms with E-state index in [2.05, 4.69) is 0 Å². The molecule has 17 heavy (non-hydrogen) atoms. The normalized spacial score (nSPS) is 16.7. The number of benzene rings is 1. The average molecular weight is 248 g/mol. The molecule has 0 saturated carbocycles. The van der Waals surface area contributed by atoms with Crippen molar-refractivity contribution in [1.82, 2.24) is 0 Å². The number of halogens is 3. The molecule has 0 radical (unpaired) electrons. The lowest BCUT2D eigenvalue weighted by Gasteiger charge is -2.28. The van der Waals surface area contributed by atoms with Crippen LogP contribution in [0.2, 0.25) is 0 Å². The van der Waals surface area contributed by atoms with Gasteiger partial charge >= 0.3 is 6.18 Å². The van der Waals surface area contributed by atoms with Crippen LogP contribution < -0.4 is 0 Å². The maximum absolute atomic E-state index is 12.6. The molecule has 0 aliphatic rings. The van der Waals surface area contributed by atoms with Crippen molar-refractivity contribution in [1.29, 1.82) is 0 Å². The molecule has 0 amide bonds. The molecule has 1 aromatic rings. The van der Waals surface area contributed by atoms with Crippen LogP contribution in [0.15, 0.2) is 24.3 Å². The van der Waals surface area contributed by atoms with Crippen LogP contribution in [0.5, 0.6) is 0 Å². The third-order valence-corrected chi connectivity index (χ3v) is 2.68. The zero-order chi connectivity index (χ0) is 13.5. The van der Waals surface area contributed by atoms with Gasteiger partial charge in [-0.15, -0.1) is 0 Å². The van der Waals surface area contributed by atoms with Gasteiger partial charge in [0.25, 0.3) is 0 Å². The largest absolute Gasteiger partial charge is 0.421 e. The monoisotopic (exact) mass is 248 g/mol. The van der Waals surface area contributed by atoms with E-state index in [1.807, 2.05) is 0 Å². The molecule has 2 N–H and O–H groups in total. The zero-order valence-electron chi connectivity index (χ0n) is 9.84. The van der Waals surface area contributed by atoms with Gasteiger partial charge in [-0.1, -0.05) is 18.2 Å². The summed E-state index contributed by atoms with van der Waals surface area (Å²) in [6, 6.07) is 5.23. The summed E-state index contributed by atoms with van der Waals surface area (Å²) in [5.74, 6) is 0. The Morgan fingerprint density at radius 1 is 0.941 bits per heavy atom. The van der Waals surface area contributed by atoms with Crippen molar-refractivity contribution in [2.45, 2.75) is 38.1 Å². The molecule has 0 aromatic heterocycles. The summed E-state index contributed by atoms with van der Waals surface area (Å²) in [4.78, 5) is 0. The van der Waals surface area contributed by atoms with E-state index >= 15 is 0 Å². The molecule has 0 bridgehead atoms. The third-order valence-electron chi connectivity index (χ3n) is 2.68. The number of hydrogen-bond acceptors (Lipinski definition) is 2. The van der Waals surface area contributed by atoms with Crippen LogP contribution in [-0.2, 0) is 11.2 Å². The fraction of sp³-hybridized carbons (Fsp3) is 0.500. The molecule has 0 heterocycles. The van der Waals surface area contributed by atoms with Crippen molar-refractivity contribution in [3.8, 4) is 0 Å². The number of aliphatic hydroxyl groups is 2. The molecule has 0 aliphatic carbocycles. The maximum Gasteiger partial charge on any atom is 0.421 e. The third kappa shape index (κ3) is 2.79. The first-order valence-corrected chi connectivity index (χ1v) is 5.09. The van der Waals surface area contributed by atoms with Gasteiger partial charge in [0.15, 0.2) is 5.60 Å². The lowest BCUT2D eigenvalue weighted by atomic mass is 9.89. The van der Waals surface area contributed by atoms with Gasteiger partial charge in [-0.05, 0) is 38.0 Å². The van der Waals surface area contributed by atoms with Crippen molar-refractivity contribution in [2.75, 3.05) is 0 Å². The van der Waals surface area contributed by atoms with Gasteiger partial charge < -0.3 is 10.2 Å². The molecule has 1 aromatic carbocycles. The minimum absolute atomic E-state index is 0.287. The van der Waals surface area contributed by atoms with Crippen molar-refractivity contribution in [3.05, 3.63) is 35.4 Å². The van der Waals surface area contributed by atoms with Crippen LogP contribution in [0.1, 0.15) is 31.9 Å². The standard InChI is InChI=1S/C12H15F3O2/c1-10(2,16)8-5-4-6-9(7-8)11(3,17)12(13,14)15/h4-7,16-17H,1-3H3. The molecule has 5 heteroatoms. The van der Waals surface area contributed by atoms with E-state index < -0.39 is 17.4 Å². The lowest BCUT2D eigenvalue weighted by molar-refractivity contribution is -0.258. The first-order valence-electron chi connectivity index (χ1n) is 5.09. The highest BCUT2D eigenvalue weighted by molar-refractivity contribution is 5.31. The minimum Gasteiger partial charge on any atom is -0.386 e. The second-order valence-electron chi connectivity index (χ2n) is 4.71. The van der Waals surface area contributed by atoms with E-state index in [9.17, 15) is 23.4 Å². The molecule has 1 atom stereocenters. The Morgan fingerprint density at radius 2 is 1.41 bits per heavy atom. The zero-order valence-corrected chi connectivity index (χ0v) is 9.84. The Bertz CT molecular complexity index is 403. The predicted molar refractivity (Wildman–Crippen MR) is 57.3 cm³/mol. The molecule has 0 aliphatic heterocycles. The summed E-state index contributed by atoms with van der Waals surface area (Å²) >= 11 is 0. The van der Waals surface area contributed by atoms with Crippen LogP contribution >= 0.6 is 0 Å². The first kappa shape index (κ1) is 14.0. The molecule has 0 saturated heterocycles. The Morgan fingerprint density at radius 3 is 1.82 bits per heavy atom. The first-order chi connectivity index (χ1) is 7.46. The Kier molecular flexibility index (Phi) is 3.29. The summed E-state index contributed by atoms with van der Waals surface area (Å²) in [6.45, 7) is 3.62. The van der Waals surface area contributed by atoms with Gasteiger partial charge in [0.05, 0.1) is 5.60 Å². The molecule has 1 unspecified atom stereocenters. The summed E-state index contributed by atoms with van der Waals surface area (Å²) in [5, 5.41) is 19.2. The molecular formula is C12H15F3O2. The van der Waals surface area contributed by atoms with Crippen LogP contribution in [0.25, 0.3) is 0 Å². The highest BCUT2D eigenvalue weighted by Crippen LogP contribution is 2.39. The second kappa shape index (κ2) is 3.99. The van der Waals surface area contributed by atoms with Gasteiger partial charge in [-0.2, -0.15) is 13.2 Å². The summed E-state index contributed by atoms with van der Waals surface area (Å²) in [6.07, 6.45) is -4.76. The molecule has 2 nitrogen and oxygen atoms in total. The number of rotatable bonds is 2. The van der Waals surface area contributed by atoms with Crippen LogP contribution in [0, 0.1) is 0 Å². The Labute approximate surface area is 97.7 Å². The van der Waals surface area contributed by atoms with E-state index in [1.54, 1.807) is 0 Å². The number of hydrogen-bond donors (Lipinski definition) is 2. The lowest BCUT2D eigenvalue weighted by Crippen LogP contribution is -2.39. The van der Waals surface area contributed by atoms with Gasteiger partial charge in [0.1, 0.15) is 0 Å². The summed E-state index contributed by atoms with van der Waals surface area (Å²) in [7, 11) is 0. The fourth-order valence-electron chi connectivity index (χ4n) is 1.37. The highest BCUT2D eigenvalue weighted by Gasteiger charge is 2.51. The fourth-order valence-corrected chi connectivity index (χ4v) is 1.37. The van der Waals surface area contributed by atoms with Crippen molar-refractivity contribution < 1.29 is 23.4 Å². The van der Waals surface area contributed by atoms with E-state index in [4.69, 9.17) is 0 Å². The second-order valence-corrected chi connectivity index (χ2v) is 4.71. The summed E-state index contributed by atoms with van der Waals surface area (Å²) < 4.78 is 37.9. The maximum atomic E-state index is 12.6. The SMILES string of the molecule is CC(C)(O)c1cccc(C(C)(O)C(F)(F)F)c1. The Balaban J connectivity index is 3.26. The topological polar surface area (TPSA) is 40.5 Å². The van der Waals surface area contributed by atoms with E-state index in [1.165, 1.54) is 32.0 Å². The molecule has 0 spiro atoms.